The second kappa shape index (κ2) is 9.61. The second-order valence-corrected chi connectivity index (χ2v) is 8.85. The Bertz CT molecular complexity index is 1530. The van der Waals surface area contributed by atoms with Crippen molar-refractivity contribution in [3.05, 3.63) is 110 Å². The average molecular weight is 466 g/mol. The normalized spacial score (nSPS) is 13.2. The molecule has 0 bridgehead atoms. The quantitative estimate of drug-likeness (QED) is 0.434. The molecular weight excluding hydrogens is 438 g/mol. The van der Waals surface area contributed by atoms with Gasteiger partial charge in [-0.3, -0.25) is 14.3 Å². The van der Waals surface area contributed by atoms with Crippen molar-refractivity contribution in [1.29, 1.82) is 0 Å². The molecule has 0 unspecified atom stereocenters. The van der Waals surface area contributed by atoms with Gasteiger partial charge in [-0.2, -0.15) is 0 Å². The van der Waals surface area contributed by atoms with Gasteiger partial charge in [0, 0.05) is 62.8 Å². The first-order valence-corrected chi connectivity index (χ1v) is 11.7. The molecule has 0 radical (unpaired) electrons. The van der Waals surface area contributed by atoms with E-state index in [0.717, 1.165) is 34.8 Å². The van der Waals surface area contributed by atoms with E-state index < -0.39 is 0 Å². The van der Waals surface area contributed by atoms with Gasteiger partial charge < -0.3 is 9.13 Å². The molecule has 5 rings (SSSR count). The zero-order valence-corrected chi connectivity index (χ0v) is 19.9. The van der Waals surface area contributed by atoms with Gasteiger partial charge in [-0.05, 0) is 17.7 Å². The SMILES string of the molecule is Cn1ccnc1-c1ccc(Cn2c(=O)c3c(n(C)c2=O)CCN(CC#Cc2ccccc2)C3)cc1. The molecule has 2 aromatic heterocycles. The number of nitrogens with zero attached hydrogens (tertiary/aromatic N) is 5. The number of fused-ring (bicyclic) bond motifs is 1. The monoisotopic (exact) mass is 465 g/mol. The zero-order valence-electron chi connectivity index (χ0n) is 19.9. The summed E-state index contributed by atoms with van der Waals surface area (Å²) >= 11 is 0. The lowest BCUT2D eigenvalue weighted by Crippen LogP contribution is -2.47. The van der Waals surface area contributed by atoms with Gasteiger partial charge in [-0.15, -0.1) is 0 Å². The number of imidazole rings is 1. The topological polar surface area (TPSA) is 65.1 Å². The minimum atomic E-state index is -0.278. The van der Waals surface area contributed by atoms with Gasteiger partial charge in [0.15, 0.2) is 0 Å². The zero-order chi connectivity index (χ0) is 24.4. The van der Waals surface area contributed by atoms with Crippen molar-refractivity contribution in [1.82, 2.24) is 23.6 Å². The van der Waals surface area contributed by atoms with Crippen LogP contribution in [0, 0.1) is 11.8 Å². The first kappa shape index (κ1) is 22.6. The summed E-state index contributed by atoms with van der Waals surface area (Å²) < 4.78 is 4.93. The van der Waals surface area contributed by atoms with E-state index in [1.165, 1.54) is 4.57 Å². The highest BCUT2D eigenvalue weighted by atomic mass is 16.2. The molecule has 0 atom stereocenters. The molecule has 7 nitrogen and oxygen atoms in total. The standard InChI is InChI=1S/C28H27N5O2/c1-30-18-15-29-26(30)23-12-10-22(11-13-23)19-33-27(34)24-20-32(17-14-25(24)31(2)28(33)35)16-6-9-21-7-4-3-5-8-21/h3-5,7-8,10-13,15,18H,14,16-17,19-20H2,1-2H3. The summed E-state index contributed by atoms with van der Waals surface area (Å²) in [5, 5.41) is 0. The molecule has 0 spiro atoms. The van der Waals surface area contributed by atoms with Crippen LogP contribution in [-0.4, -0.2) is 36.7 Å². The maximum Gasteiger partial charge on any atom is 0.331 e. The minimum Gasteiger partial charge on any atom is -0.334 e. The lowest BCUT2D eigenvalue weighted by atomic mass is 10.1. The first-order valence-electron chi connectivity index (χ1n) is 11.7. The van der Waals surface area contributed by atoms with E-state index in [9.17, 15) is 9.59 Å². The van der Waals surface area contributed by atoms with Gasteiger partial charge in [-0.25, -0.2) is 9.78 Å². The Balaban J connectivity index is 1.38. The van der Waals surface area contributed by atoms with Gasteiger partial charge >= 0.3 is 5.69 Å². The third kappa shape index (κ3) is 4.61. The van der Waals surface area contributed by atoms with Crippen molar-refractivity contribution >= 4 is 0 Å². The highest BCUT2D eigenvalue weighted by molar-refractivity contribution is 5.55. The van der Waals surface area contributed by atoms with Crippen molar-refractivity contribution in [3.8, 4) is 23.2 Å². The maximum atomic E-state index is 13.4. The van der Waals surface area contributed by atoms with Crippen LogP contribution in [-0.2, 0) is 33.6 Å². The molecule has 3 heterocycles. The predicted molar refractivity (Wildman–Crippen MR) is 136 cm³/mol. The smallest absolute Gasteiger partial charge is 0.331 e. The maximum absolute atomic E-state index is 13.4. The largest absolute Gasteiger partial charge is 0.334 e. The summed E-state index contributed by atoms with van der Waals surface area (Å²) in [6.07, 6.45) is 4.31. The summed E-state index contributed by atoms with van der Waals surface area (Å²) in [6, 6.07) is 17.7. The molecule has 0 saturated carbocycles. The van der Waals surface area contributed by atoms with Crippen LogP contribution >= 0.6 is 0 Å². The fourth-order valence-electron chi connectivity index (χ4n) is 4.55. The Morgan fingerprint density at radius 1 is 1.00 bits per heavy atom. The van der Waals surface area contributed by atoms with Crippen molar-refractivity contribution in [2.75, 3.05) is 13.1 Å². The van der Waals surface area contributed by atoms with E-state index in [1.54, 1.807) is 17.8 Å². The third-order valence-electron chi connectivity index (χ3n) is 6.50. The van der Waals surface area contributed by atoms with Gasteiger partial charge in [0.05, 0.1) is 18.7 Å². The summed E-state index contributed by atoms with van der Waals surface area (Å²) in [7, 11) is 3.70. The van der Waals surface area contributed by atoms with Crippen LogP contribution in [0.5, 0.6) is 0 Å². The van der Waals surface area contributed by atoms with Gasteiger partial charge in [0.2, 0.25) is 0 Å². The fraction of sp³-hybridized carbons (Fsp3) is 0.250. The summed E-state index contributed by atoms with van der Waals surface area (Å²) in [5.41, 5.74) is 3.88. The van der Waals surface area contributed by atoms with Crippen LogP contribution in [0.2, 0.25) is 0 Å². The number of hydrogen-bond donors (Lipinski definition) is 0. The summed E-state index contributed by atoms with van der Waals surface area (Å²) in [6.45, 7) is 2.06. The van der Waals surface area contributed by atoms with Crippen LogP contribution in [0.15, 0.2) is 76.6 Å². The van der Waals surface area contributed by atoms with Crippen LogP contribution in [0.25, 0.3) is 11.4 Å². The number of benzene rings is 2. The Hall–Kier alpha value is -4.15. The molecule has 7 heteroatoms. The molecule has 0 N–H and O–H groups in total. The Kier molecular flexibility index (Phi) is 6.21. The van der Waals surface area contributed by atoms with Crippen molar-refractivity contribution in [2.45, 2.75) is 19.5 Å². The molecule has 4 aromatic rings. The average Bonchev–Trinajstić information content (AvgIpc) is 3.32. The molecule has 176 valence electrons. The molecule has 35 heavy (non-hydrogen) atoms. The Morgan fingerprint density at radius 3 is 2.49 bits per heavy atom. The van der Waals surface area contributed by atoms with Crippen molar-refractivity contribution < 1.29 is 0 Å². The molecule has 0 fully saturated rings. The van der Waals surface area contributed by atoms with Crippen molar-refractivity contribution in [3.63, 3.8) is 0 Å². The van der Waals surface area contributed by atoms with E-state index in [1.807, 2.05) is 72.4 Å². The minimum absolute atomic E-state index is 0.211. The molecule has 1 aliphatic heterocycles. The highest BCUT2D eigenvalue weighted by Gasteiger charge is 2.23. The van der Waals surface area contributed by atoms with E-state index in [-0.39, 0.29) is 17.8 Å². The van der Waals surface area contributed by atoms with E-state index in [4.69, 9.17) is 0 Å². The molecule has 0 aliphatic carbocycles. The van der Waals surface area contributed by atoms with E-state index >= 15 is 0 Å². The molecule has 0 amide bonds. The molecule has 1 aliphatic rings. The summed E-state index contributed by atoms with van der Waals surface area (Å²) in [5.74, 6) is 7.26. The third-order valence-corrected chi connectivity index (χ3v) is 6.50. The Labute approximate surface area is 203 Å². The first-order chi connectivity index (χ1) is 17.0. The van der Waals surface area contributed by atoms with Crippen LogP contribution in [0.3, 0.4) is 0 Å². The predicted octanol–water partition coefficient (Wildman–Crippen LogP) is 2.41. The number of hydrogen-bond acceptors (Lipinski definition) is 4. The fourth-order valence-corrected chi connectivity index (χ4v) is 4.55. The van der Waals surface area contributed by atoms with Crippen LogP contribution in [0.4, 0.5) is 0 Å². The molecule has 2 aromatic carbocycles. The second-order valence-electron chi connectivity index (χ2n) is 8.85. The molecular formula is C28H27N5O2. The van der Waals surface area contributed by atoms with Crippen molar-refractivity contribution in [2.24, 2.45) is 14.1 Å². The lowest BCUT2D eigenvalue weighted by molar-refractivity contribution is 0.275. The van der Waals surface area contributed by atoms with Gasteiger partial charge in [0.25, 0.3) is 5.56 Å². The van der Waals surface area contributed by atoms with Gasteiger partial charge in [-0.1, -0.05) is 54.3 Å². The van der Waals surface area contributed by atoms with Crippen LogP contribution < -0.4 is 11.2 Å². The van der Waals surface area contributed by atoms with E-state index in [2.05, 4.69) is 21.7 Å². The Morgan fingerprint density at radius 2 is 1.77 bits per heavy atom. The van der Waals surface area contributed by atoms with E-state index in [0.29, 0.717) is 25.1 Å². The summed E-state index contributed by atoms with van der Waals surface area (Å²) in [4.78, 5) is 33.0. The number of rotatable bonds is 4. The van der Waals surface area contributed by atoms with Crippen LogP contribution in [0.1, 0.15) is 22.4 Å². The van der Waals surface area contributed by atoms with Gasteiger partial charge in [0.1, 0.15) is 5.82 Å². The highest BCUT2D eigenvalue weighted by Crippen LogP contribution is 2.18. The lowest BCUT2D eigenvalue weighted by Gasteiger charge is -2.28. The number of aryl methyl sites for hydroxylation is 1. The molecule has 0 saturated heterocycles. The number of aromatic nitrogens is 4.